The zero-order chi connectivity index (χ0) is 45.6. The highest BCUT2D eigenvalue weighted by Crippen LogP contribution is 2.38. The second kappa shape index (κ2) is 12.2. The fourth-order valence-electron chi connectivity index (χ4n) is 5.45. The molecule has 2 heterocycles. The molecule has 0 unspecified atom stereocenters. The third-order valence-corrected chi connectivity index (χ3v) is 7.83. The van der Waals surface area contributed by atoms with Crippen LogP contribution in [-0.2, 0) is 0 Å². The summed E-state index contributed by atoms with van der Waals surface area (Å²) >= 11 is 0. The summed E-state index contributed by atoms with van der Waals surface area (Å²) in [5.74, 6) is 0.225. The monoisotopic (exact) mass is 642 g/mol. The van der Waals surface area contributed by atoms with Crippen molar-refractivity contribution in [1.29, 1.82) is 0 Å². The van der Waals surface area contributed by atoms with E-state index >= 15 is 0 Å². The SMILES string of the molecule is [2H]c1c([2H])c([2H])c(-c2c([2H])c([2H])c([2H])c(-c3c([2H])c([2H])c([2H])c4c3oc3c([2H])c(-c5nc(-c6ccccc6)nc(-c6ccc(-c7ccccc7)cc6)n5)c([2H])c([2H])c34)c2[2H])c([2H])c1[2H]. The second-order valence-corrected chi connectivity index (χ2v) is 10.9. The minimum absolute atomic E-state index is 0.162. The van der Waals surface area contributed by atoms with Crippen LogP contribution in [0.15, 0.2) is 180 Å². The fraction of sp³-hybridized carbons (Fsp3) is 0. The molecule has 0 radical (unpaired) electrons. The Morgan fingerprint density at radius 2 is 0.959 bits per heavy atom. The Morgan fingerprint density at radius 1 is 0.388 bits per heavy atom. The maximum atomic E-state index is 9.50. The molecule has 230 valence electrons. The van der Waals surface area contributed by atoms with Gasteiger partial charge in [0.15, 0.2) is 17.5 Å². The van der Waals surface area contributed by atoms with Gasteiger partial charge in [-0.3, -0.25) is 0 Å². The predicted octanol–water partition coefficient (Wildman–Crippen LogP) is 11.8. The van der Waals surface area contributed by atoms with E-state index in [4.69, 9.17) is 29.5 Å². The molecule has 0 spiro atoms. The van der Waals surface area contributed by atoms with Crippen LogP contribution in [0.5, 0.6) is 0 Å². The molecular formula is C45H29N3O. The Hall–Kier alpha value is -6.65. The highest BCUT2D eigenvalue weighted by atomic mass is 16.3. The number of rotatable bonds is 6. The van der Waals surface area contributed by atoms with Crippen molar-refractivity contribution < 1.29 is 25.0 Å². The standard InChI is InChI=1S/C45H29N3O/c1-4-12-30(13-5-1)32-22-24-34(25-23-32)44-46-43(33-16-8-3-9-17-33)47-45(48-44)37-26-27-39-40-21-11-20-38(42(40)49-41(39)29-37)36-19-10-18-35(28-36)31-14-6-2-7-15-31/h1-29H/i2D,6D,7D,10D,11D,14D,15D,18D,19D,20D,21D,26D,27D,28D,29D. The van der Waals surface area contributed by atoms with Crippen LogP contribution in [0.4, 0.5) is 0 Å². The molecule has 0 N–H and O–H groups in total. The summed E-state index contributed by atoms with van der Waals surface area (Å²) < 4.78 is 138. The quantitative estimate of drug-likeness (QED) is 0.181. The summed E-state index contributed by atoms with van der Waals surface area (Å²) in [6.07, 6.45) is 0. The van der Waals surface area contributed by atoms with E-state index in [2.05, 4.69) is 4.98 Å². The molecule has 0 aliphatic rings. The van der Waals surface area contributed by atoms with Gasteiger partial charge in [0.2, 0.25) is 0 Å². The molecule has 2 aromatic heterocycles. The van der Waals surface area contributed by atoms with Crippen molar-refractivity contribution in [3.8, 4) is 67.5 Å². The molecule has 0 amide bonds. The Bertz CT molecular complexity index is 3410. The number of hydrogen-bond donors (Lipinski definition) is 0. The Kier molecular flexibility index (Phi) is 4.21. The van der Waals surface area contributed by atoms with Crippen LogP contribution >= 0.6 is 0 Å². The van der Waals surface area contributed by atoms with Crippen molar-refractivity contribution in [3.05, 3.63) is 176 Å². The number of hydrogen-bond acceptors (Lipinski definition) is 4. The molecule has 0 fully saturated rings. The highest BCUT2D eigenvalue weighted by molar-refractivity contribution is 6.10. The number of nitrogens with zero attached hydrogens (tertiary/aromatic N) is 3. The number of para-hydroxylation sites is 1. The Labute approximate surface area is 305 Å². The van der Waals surface area contributed by atoms with Gasteiger partial charge >= 0.3 is 0 Å². The van der Waals surface area contributed by atoms with Crippen molar-refractivity contribution in [2.75, 3.05) is 0 Å². The van der Waals surface area contributed by atoms with Crippen LogP contribution < -0.4 is 0 Å². The first-order chi connectivity index (χ1) is 30.5. The van der Waals surface area contributed by atoms with Crippen molar-refractivity contribution in [3.63, 3.8) is 0 Å². The van der Waals surface area contributed by atoms with Crippen LogP contribution in [0, 0.1) is 0 Å². The first-order valence-corrected chi connectivity index (χ1v) is 15.1. The van der Waals surface area contributed by atoms with E-state index in [-0.39, 0.29) is 39.4 Å². The minimum Gasteiger partial charge on any atom is -0.455 e. The molecule has 0 aliphatic heterocycles. The minimum atomic E-state index is -0.842. The van der Waals surface area contributed by atoms with Gasteiger partial charge in [-0.1, -0.05) is 157 Å². The van der Waals surface area contributed by atoms with Crippen LogP contribution in [-0.4, -0.2) is 15.0 Å². The van der Waals surface area contributed by atoms with Gasteiger partial charge in [0, 0.05) is 33.0 Å². The van der Waals surface area contributed by atoms with Crippen LogP contribution in [0.2, 0.25) is 0 Å². The zero-order valence-electron chi connectivity index (χ0n) is 40.3. The van der Waals surface area contributed by atoms with E-state index in [1.807, 2.05) is 60.7 Å². The summed E-state index contributed by atoms with van der Waals surface area (Å²) in [7, 11) is 0. The highest BCUT2D eigenvalue weighted by Gasteiger charge is 2.17. The lowest BCUT2D eigenvalue weighted by Crippen LogP contribution is -2.00. The molecular weight excluding hydrogens is 599 g/mol. The average molecular weight is 643 g/mol. The van der Waals surface area contributed by atoms with E-state index in [1.54, 1.807) is 24.3 Å². The molecule has 4 heteroatoms. The molecule has 0 saturated heterocycles. The van der Waals surface area contributed by atoms with Gasteiger partial charge in [0.1, 0.15) is 11.2 Å². The smallest absolute Gasteiger partial charge is 0.164 e. The van der Waals surface area contributed by atoms with Gasteiger partial charge in [0.25, 0.3) is 0 Å². The van der Waals surface area contributed by atoms with E-state index in [9.17, 15) is 5.48 Å². The lowest BCUT2D eigenvalue weighted by Gasteiger charge is -2.09. The lowest BCUT2D eigenvalue weighted by atomic mass is 9.97. The van der Waals surface area contributed by atoms with Gasteiger partial charge in [-0.25, -0.2) is 15.0 Å². The number of furan rings is 1. The first-order valence-electron chi connectivity index (χ1n) is 22.6. The van der Waals surface area contributed by atoms with Crippen molar-refractivity contribution in [2.24, 2.45) is 0 Å². The normalized spacial score (nSPS) is 15.6. The number of fused-ring (bicyclic) bond motifs is 3. The zero-order valence-corrected chi connectivity index (χ0v) is 25.3. The van der Waals surface area contributed by atoms with E-state index < -0.39 is 118 Å². The van der Waals surface area contributed by atoms with Crippen LogP contribution in [0.1, 0.15) is 20.6 Å². The Balaban J connectivity index is 1.32. The summed E-state index contributed by atoms with van der Waals surface area (Å²) in [4.78, 5) is 14.1. The molecule has 7 aromatic carbocycles. The maximum absolute atomic E-state index is 9.50. The number of benzene rings is 7. The maximum Gasteiger partial charge on any atom is 0.164 e. The van der Waals surface area contributed by atoms with Crippen molar-refractivity contribution in [1.82, 2.24) is 15.0 Å². The van der Waals surface area contributed by atoms with E-state index in [0.29, 0.717) is 11.1 Å². The predicted molar refractivity (Wildman–Crippen MR) is 200 cm³/mol. The summed E-state index contributed by atoms with van der Waals surface area (Å²) in [6.45, 7) is 0. The molecule has 0 aliphatic carbocycles. The topological polar surface area (TPSA) is 51.8 Å². The van der Waals surface area contributed by atoms with E-state index in [1.165, 1.54) is 0 Å². The summed E-state index contributed by atoms with van der Waals surface area (Å²) in [5, 5.41) is -0.580. The van der Waals surface area contributed by atoms with E-state index in [0.717, 1.165) is 11.1 Å². The van der Waals surface area contributed by atoms with Gasteiger partial charge in [-0.2, -0.15) is 0 Å². The molecule has 0 saturated carbocycles. The van der Waals surface area contributed by atoms with Gasteiger partial charge < -0.3 is 4.42 Å². The molecule has 4 nitrogen and oxygen atoms in total. The molecule has 0 atom stereocenters. The third-order valence-electron chi connectivity index (χ3n) is 7.83. The fourth-order valence-corrected chi connectivity index (χ4v) is 5.45. The van der Waals surface area contributed by atoms with Crippen LogP contribution in [0.3, 0.4) is 0 Å². The van der Waals surface area contributed by atoms with Crippen LogP contribution in [0.25, 0.3) is 89.5 Å². The van der Waals surface area contributed by atoms with Gasteiger partial charge in [-0.15, -0.1) is 0 Å². The second-order valence-electron chi connectivity index (χ2n) is 10.9. The molecule has 9 rings (SSSR count). The van der Waals surface area contributed by atoms with Crippen molar-refractivity contribution in [2.45, 2.75) is 0 Å². The Morgan fingerprint density at radius 3 is 1.69 bits per heavy atom. The largest absolute Gasteiger partial charge is 0.455 e. The average Bonchev–Trinajstić information content (AvgIpc) is 3.72. The third kappa shape index (κ3) is 5.45. The van der Waals surface area contributed by atoms with Crippen molar-refractivity contribution >= 4 is 21.9 Å². The molecule has 0 bridgehead atoms. The van der Waals surface area contributed by atoms with Gasteiger partial charge in [-0.05, 0) is 45.9 Å². The molecule has 49 heavy (non-hydrogen) atoms. The lowest BCUT2D eigenvalue weighted by molar-refractivity contribution is 0.670. The number of aromatic nitrogens is 3. The summed E-state index contributed by atoms with van der Waals surface area (Å²) in [5.41, 5.74) is -0.313. The molecule has 9 aromatic rings. The first kappa shape index (κ1) is 17.0. The van der Waals surface area contributed by atoms with Gasteiger partial charge in [0.05, 0.1) is 20.6 Å². The summed E-state index contributed by atoms with van der Waals surface area (Å²) in [6, 6.07) is 15.2.